The van der Waals surface area contributed by atoms with Crippen LogP contribution in [0.4, 0.5) is 4.39 Å². The largest absolute Gasteiger partial charge is 0.457 e. The van der Waals surface area contributed by atoms with Crippen LogP contribution in [0, 0.1) is 5.82 Å². The second-order valence-electron chi connectivity index (χ2n) is 3.42. The van der Waals surface area contributed by atoms with Crippen LogP contribution in [0.1, 0.15) is 23.2 Å². The lowest BCUT2D eigenvalue weighted by molar-refractivity contribution is -0.142. The van der Waals surface area contributed by atoms with Gasteiger partial charge in [0.25, 0.3) is 0 Å². The van der Waals surface area contributed by atoms with Crippen LogP contribution in [0.25, 0.3) is 0 Å². The van der Waals surface area contributed by atoms with Crippen LogP contribution >= 0.6 is 0 Å². The van der Waals surface area contributed by atoms with Crippen molar-refractivity contribution < 1.29 is 18.7 Å². The molecule has 0 unspecified atom stereocenters. The molecule has 0 amide bonds. The molecule has 0 saturated heterocycles. The second-order valence-corrected chi connectivity index (χ2v) is 3.42. The first kappa shape index (κ1) is 13.1. The molecule has 0 aliphatic heterocycles. The Morgan fingerprint density at radius 1 is 1.29 bits per heavy atom. The van der Waals surface area contributed by atoms with E-state index in [1.54, 1.807) is 6.08 Å². The number of benzene rings is 1. The summed E-state index contributed by atoms with van der Waals surface area (Å²) >= 11 is 0. The standard InChI is InChI=1S/C13H13FO3/c1-2-3-4-13(16)17-9-12(15)10-5-7-11(14)8-6-10/h2,5-8H,1,3-4,9H2. The highest BCUT2D eigenvalue weighted by molar-refractivity contribution is 5.97. The molecule has 0 heterocycles. The van der Waals surface area contributed by atoms with Crippen LogP contribution in [0.3, 0.4) is 0 Å². The molecule has 0 saturated carbocycles. The smallest absolute Gasteiger partial charge is 0.306 e. The minimum absolute atomic E-state index is 0.209. The van der Waals surface area contributed by atoms with E-state index in [1.165, 1.54) is 24.3 Å². The summed E-state index contributed by atoms with van der Waals surface area (Å²) in [5.41, 5.74) is 0.322. The van der Waals surface area contributed by atoms with Gasteiger partial charge in [0.1, 0.15) is 5.82 Å². The van der Waals surface area contributed by atoms with E-state index >= 15 is 0 Å². The molecule has 90 valence electrons. The number of ether oxygens (including phenoxy) is 1. The van der Waals surface area contributed by atoms with Crippen molar-refractivity contribution in [3.8, 4) is 0 Å². The number of rotatable bonds is 6. The summed E-state index contributed by atoms with van der Waals surface area (Å²) < 4.78 is 17.4. The molecule has 0 bridgehead atoms. The molecule has 0 N–H and O–H groups in total. The Morgan fingerprint density at radius 2 is 1.94 bits per heavy atom. The number of carbonyl (C=O) groups is 2. The minimum Gasteiger partial charge on any atom is -0.457 e. The van der Waals surface area contributed by atoms with Gasteiger partial charge in [0.15, 0.2) is 12.4 Å². The predicted molar refractivity (Wildman–Crippen MR) is 61.1 cm³/mol. The Balaban J connectivity index is 2.42. The summed E-state index contributed by atoms with van der Waals surface area (Å²) in [6.07, 6.45) is 2.33. The number of hydrogen-bond donors (Lipinski definition) is 0. The third-order valence-corrected chi connectivity index (χ3v) is 2.08. The Kier molecular flexibility index (Phi) is 5.07. The van der Waals surface area contributed by atoms with Gasteiger partial charge in [-0.2, -0.15) is 0 Å². The first-order valence-corrected chi connectivity index (χ1v) is 5.19. The molecule has 0 fully saturated rings. The summed E-state index contributed by atoms with van der Waals surface area (Å²) in [6.45, 7) is 3.16. The molecular weight excluding hydrogens is 223 g/mol. The lowest BCUT2D eigenvalue weighted by Gasteiger charge is -2.03. The van der Waals surface area contributed by atoms with Gasteiger partial charge in [-0.25, -0.2) is 4.39 Å². The van der Waals surface area contributed by atoms with Crippen LogP contribution in [-0.4, -0.2) is 18.4 Å². The van der Waals surface area contributed by atoms with Gasteiger partial charge >= 0.3 is 5.97 Å². The van der Waals surface area contributed by atoms with E-state index in [9.17, 15) is 14.0 Å². The summed E-state index contributed by atoms with van der Waals surface area (Å²) in [7, 11) is 0. The molecule has 0 radical (unpaired) electrons. The number of esters is 1. The predicted octanol–water partition coefficient (Wildman–Crippen LogP) is 2.52. The fourth-order valence-electron chi connectivity index (χ4n) is 1.16. The molecule has 3 nitrogen and oxygen atoms in total. The van der Waals surface area contributed by atoms with Crippen molar-refractivity contribution in [3.63, 3.8) is 0 Å². The van der Waals surface area contributed by atoms with Gasteiger partial charge in [-0.05, 0) is 30.7 Å². The zero-order chi connectivity index (χ0) is 12.7. The summed E-state index contributed by atoms with van der Waals surface area (Å²) in [5.74, 6) is -1.21. The van der Waals surface area contributed by atoms with E-state index in [2.05, 4.69) is 6.58 Å². The highest BCUT2D eigenvalue weighted by Crippen LogP contribution is 2.04. The molecule has 0 aliphatic carbocycles. The van der Waals surface area contributed by atoms with Crippen molar-refractivity contribution in [1.29, 1.82) is 0 Å². The maximum absolute atomic E-state index is 12.6. The molecule has 0 atom stereocenters. The van der Waals surface area contributed by atoms with Gasteiger partial charge in [0.2, 0.25) is 0 Å². The number of Topliss-reactive ketones (excluding diaryl/α,β-unsaturated/α-hetero) is 1. The topological polar surface area (TPSA) is 43.4 Å². The summed E-state index contributed by atoms with van der Waals surface area (Å²) in [4.78, 5) is 22.6. The van der Waals surface area contributed by atoms with Crippen molar-refractivity contribution in [2.45, 2.75) is 12.8 Å². The second kappa shape index (κ2) is 6.58. The van der Waals surface area contributed by atoms with Crippen molar-refractivity contribution in [2.24, 2.45) is 0 Å². The minimum atomic E-state index is -0.444. The quantitative estimate of drug-likeness (QED) is 0.433. The highest BCUT2D eigenvalue weighted by atomic mass is 19.1. The van der Waals surface area contributed by atoms with Crippen molar-refractivity contribution in [1.82, 2.24) is 0 Å². The Hall–Kier alpha value is -1.97. The fourth-order valence-corrected chi connectivity index (χ4v) is 1.16. The Bertz CT molecular complexity index is 409. The number of carbonyl (C=O) groups excluding carboxylic acids is 2. The molecular formula is C13H13FO3. The summed E-state index contributed by atoms with van der Waals surface area (Å²) in [5, 5.41) is 0. The van der Waals surface area contributed by atoms with Crippen LogP contribution in [0.2, 0.25) is 0 Å². The molecule has 0 spiro atoms. The third kappa shape index (κ3) is 4.59. The van der Waals surface area contributed by atoms with E-state index in [4.69, 9.17) is 4.74 Å². The average Bonchev–Trinajstić information content (AvgIpc) is 2.34. The van der Waals surface area contributed by atoms with Crippen LogP contribution < -0.4 is 0 Å². The first-order chi connectivity index (χ1) is 8.13. The van der Waals surface area contributed by atoms with E-state index in [1.807, 2.05) is 0 Å². The van der Waals surface area contributed by atoms with Crippen molar-refractivity contribution >= 4 is 11.8 Å². The van der Waals surface area contributed by atoms with Gasteiger partial charge in [-0.1, -0.05) is 6.08 Å². The van der Waals surface area contributed by atoms with Gasteiger partial charge in [0.05, 0.1) is 0 Å². The Morgan fingerprint density at radius 3 is 2.53 bits per heavy atom. The molecule has 0 aromatic heterocycles. The monoisotopic (exact) mass is 236 g/mol. The van der Waals surface area contributed by atoms with Crippen LogP contribution in [0.15, 0.2) is 36.9 Å². The van der Waals surface area contributed by atoms with Gasteiger partial charge < -0.3 is 4.74 Å². The van der Waals surface area contributed by atoms with Gasteiger partial charge in [-0.15, -0.1) is 6.58 Å². The maximum atomic E-state index is 12.6. The lowest BCUT2D eigenvalue weighted by Crippen LogP contribution is -2.13. The van der Waals surface area contributed by atoms with Crippen LogP contribution in [0.5, 0.6) is 0 Å². The van der Waals surface area contributed by atoms with E-state index < -0.39 is 11.8 Å². The van der Waals surface area contributed by atoms with Gasteiger partial charge in [0, 0.05) is 12.0 Å². The normalized spacial score (nSPS) is 9.71. The Labute approximate surface area is 98.9 Å². The lowest BCUT2D eigenvalue weighted by atomic mass is 10.1. The average molecular weight is 236 g/mol. The number of ketones is 1. The number of halogens is 1. The molecule has 1 aromatic rings. The number of hydrogen-bond acceptors (Lipinski definition) is 3. The zero-order valence-electron chi connectivity index (χ0n) is 9.32. The molecule has 0 aliphatic rings. The van der Waals surface area contributed by atoms with E-state index in [0.717, 1.165) is 0 Å². The van der Waals surface area contributed by atoms with Crippen molar-refractivity contribution in [2.75, 3.05) is 6.61 Å². The van der Waals surface area contributed by atoms with Gasteiger partial charge in [-0.3, -0.25) is 9.59 Å². The third-order valence-electron chi connectivity index (χ3n) is 2.08. The molecule has 1 aromatic carbocycles. The number of allylic oxidation sites excluding steroid dienone is 1. The molecule has 4 heteroatoms. The van der Waals surface area contributed by atoms with Crippen molar-refractivity contribution in [3.05, 3.63) is 48.3 Å². The molecule has 17 heavy (non-hydrogen) atoms. The first-order valence-electron chi connectivity index (χ1n) is 5.19. The fraction of sp³-hybridized carbons (Fsp3) is 0.231. The van der Waals surface area contributed by atoms with E-state index in [0.29, 0.717) is 12.0 Å². The van der Waals surface area contributed by atoms with E-state index in [-0.39, 0.29) is 18.8 Å². The maximum Gasteiger partial charge on any atom is 0.306 e. The SMILES string of the molecule is C=CCCC(=O)OCC(=O)c1ccc(F)cc1. The highest BCUT2D eigenvalue weighted by Gasteiger charge is 2.09. The molecule has 1 rings (SSSR count). The summed E-state index contributed by atoms with van der Waals surface area (Å²) in [6, 6.07) is 5.09. The zero-order valence-corrected chi connectivity index (χ0v) is 9.32. The van der Waals surface area contributed by atoms with Crippen LogP contribution in [-0.2, 0) is 9.53 Å².